The van der Waals surface area contributed by atoms with Crippen molar-refractivity contribution in [2.24, 2.45) is 0 Å². The Morgan fingerprint density at radius 1 is 0.840 bits per heavy atom. The Balaban J connectivity index is 2.19. The van der Waals surface area contributed by atoms with Crippen LogP contribution in [0.4, 0.5) is 5.69 Å². The van der Waals surface area contributed by atoms with Gasteiger partial charge in [-0.2, -0.15) is 0 Å². The SMILES string of the molecule is Cc1c(C)c(C)c(S(=O)(=O)Nc2cccc3cnccc23)c(C)c1C. The molecule has 0 bridgehead atoms. The molecule has 2 aromatic carbocycles. The minimum Gasteiger partial charge on any atom is -0.279 e. The number of nitrogens with zero attached hydrogens (tertiary/aromatic N) is 1. The minimum atomic E-state index is -3.70. The molecule has 3 rings (SSSR count). The summed E-state index contributed by atoms with van der Waals surface area (Å²) in [6.45, 7) is 9.72. The third-order valence-corrected chi connectivity index (χ3v) is 6.76. The summed E-state index contributed by atoms with van der Waals surface area (Å²) in [6.07, 6.45) is 3.39. The van der Waals surface area contributed by atoms with Crippen molar-refractivity contribution in [3.05, 3.63) is 64.5 Å². The van der Waals surface area contributed by atoms with E-state index >= 15 is 0 Å². The molecule has 130 valence electrons. The maximum absolute atomic E-state index is 13.2. The second-order valence-corrected chi connectivity index (χ2v) is 8.08. The fourth-order valence-corrected chi connectivity index (χ4v) is 4.96. The van der Waals surface area contributed by atoms with E-state index < -0.39 is 10.0 Å². The normalized spacial score (nSPS) is 11.7. The highest BCUT2D eigenvalue weighted by Crippen LogP contribution is 2.32. The van der Waals surface area contributed by atoms with E-state index in [1.165, 1.54) is 0 Å². The van der Waals surface area contributed by atoms with Gasteiger partial charge in [0.1, 0.15) is 0 Å². The molecule has 0 radical (unpaired) electrons. The smallest absolute Gasteiger partial charge is 0.262 e. The molecule has 0 fully saturated rings. The van der Waals surface area contributed by atoms with Crippen LogP contribution in [0.25, 0.3) is 10.8 Å². The van der Waals surface area contributed by atoms with Crippen molar-refractivity contribution in [3.63, 3.8) is 0 Å². The van der Waals surface area contributed by atoms with E-state index in [4.69, 9.17) is 0 Å². The Kier molecular flexibility index (Phi) is 4.29. The second-order valence-electron chi connectivity index (χ2n) is 6.46. The molecule has 0 saturated carbocycles. The number of fused-ring (bicyclic) bond motifs is 1. The first-order valence-electron chi connectivity index (χ1n) is 8.16. The van der Waals surface area contributed by atoms with Crippen LogP contribution in [-0.4, -0.2) is 13.4 Å². The third kappa shape index (κ3) is 2.89. The molecule has 0 aliphatic rings. The zero-order chi connectivity index (χ0) is 18.4. The molecule has 25 heavy (non-hydrogen) atoms. The summed E-state index contributed by atoms with van der Waals surface area (Å²) >= 11 is 0. The second kappa shape index (κ2) is 6.15. The van der Waals surface area contributed by atoms with E-state index in [1.807, 2.05) is 52.8 Å². The van der Waals surface area contributed by atoms with Gasteiger partial charge in [0, 0.05) is 23.2 Å². The fourth-order valence-electron chi connectivity index (χ4n) is 3.28. The van der Waals surface area contributed by atoms with E-state index in [0.29, 0.717) is 10.6 Å². The van der Waals surface area contributed by atoms with Gasteiger partial charge in [0.2, 0.25) is 0 Å². The Bertz CT molecular complexity index is 1050. The molecule has 0 aliphatic heterocycles. The number of aromatic nitrogens is 1. The highest BCUT2D eigenvalue weighted by molar-refractivity contribution is 7.92. The number of sulfonamides is 1. The van der Waals surface area contributed by atoms with Crippen LogP contribution < -0.4 is 4.72 Å². The lowest BCUT2D eigenvalue weighted by atomic mass is 9.95. The number of nitrogens with one attached hydrogen (secondary N) is 1. The lowest BCUT2D eigenvalue weighted by Gasteiger charge is -2.19. The number of anilines is 1. The van der Waals surface area contributed by atoms with Crippen molar-refractivity contribution in [2.45, 2.75) is 39.5 Å². The number of hydrogen-bond acceptors (Lipinski definition) is 3. The highest BCUT2D eigenvalue weighted by atomic mass is 32.2. The van der Waals surface area contributed by atoms with Crippen LogP contribution in [0.1, 0.15) is 27.8 Å². The Morgan fingerprint density at radius 2 is 1.44 bits per heavy atom. The molecule has 0 unspecified atom stereocenters. The quantitative estimate of drug-likeness (QED) is 0.749. The monoisotopic (exact) mass is 354 g/mol. The average molecular weight is 354 g/mol. The minimum absolute atomic E-state index is 0.374. The molecule has 0 spiro atoms. The fraction of sp³-hybridized carbons (Fsp3) is 0.250. The van der Waals surface area contributed by atoms with Gasteiger partial charge >= 0.3 is 0 Å². The van der Waals surface area contributed by atoms with Crippen molar-refractivity contribution >= 4 is 26.5 Å². The zero-order valence-electron chi connectivity index (χ0n) is 15.1. The maximum Gasteiger partial charge on any atom is 0.262 e. The van der Waals surface area contributed by atoms with Gasteiger partial charge < -0.3 is 0 Å². The largest absolute Gasteiger partial charge is 0.279 e. The van der Waals surface area contributed by atoms with Gasteiger partial charge in [-0.25, -0.2) is 8.42 Å². The van der Waals surface area contributed by atoms with E-state index in [1.54, 1.807) is 18.5 Å². The van der Waals surface area contributed by atoms with Crippen LogP contribution >= 0.6 is 0 Å². The first-order valence-corrected chi connectivity index (χ1v) is 9.65. The van der Waals surface area contributed by atoms with Crippen molar-refractivity contribution in [3.8, 4) is 0 Å². The summed E-state index contributed by atoms with van der Waals surface area (Å²) in [6, 6.07) is 7.33. The third-order valence-electron chi connectivity index (χ3n) is 5.12. The van der Waals surface area contributed by atoms with Crippen molar-refractivity contribution in [2.75, 3.05) is 4.72 Å². The van der Waals surface area contributed by atoms with E-state index in [0.717, 1.165) is 38.6 Å². The molecule has 0 aliphatic carbocycles. The summed E-state index contributed by atoms with van der Waals surface area (Å²) in [4.78, 5) is 4.47. The molecular weight excluding hydrogens is 332 g/mol. The summed E-state index contributed by atoms with van der Waals surface area (Å²) in [5.41, 5.74) is 5.35. The van der Waals surface area contributed by atoms with Gasteiger partial charge in [0.05, 0.1) is 10.6 Å². The topological polar surface area (TPSA) is 59.1 Å². The molecule has 1 heterocycles. The molecular formula is C20H22N2O2S. The number of rotatable bonds is 3. The predicted molar refractivity (Wildman–Crippen MR) is 103 cm³/mol. The standard InChI is InChI=1S/C20H22N2O2S/c1-12-13(2)15(4)20(16(5)14(12)3)25(23,24)22-19-8-6-7-17-11-21-10-9-18(17)19/h6-11,22H,1-5H3. The first-order chi connectivity index (χ1) is 11.7. The van der Waals surface area contributed by atoms with E-state index in [2.05, 4.69) is 9.71 Å². The van der Waals surface area contributed by atoms with Crippen LogP contribution in [0.2, 0.25) is 0 Å². The molecule has 1 N–H and O–H groups in total. The first kappa shape index (κ1) is 17.4. The summed E-state index contributed by atoms with van der Waals surface area (Å²) in [5, 5.41) is 1.73. The van der Waals surface area contributed by atoms with Gasteiger partial charge in [-0.05, 0) is 74.6 Å². The van der Waals surface area contributed by atoms with Crippen LogP contribution in [0.15, 0.2) is 41.6 Å². The Morgan fingerprint density at radius 3 is 2.08 bits per heavy atom. The lowest BCUT2D eigenvalue weighted by molar-refractivity contribution is 0.599. The van der Waals surface area contributed by atoms with Crippen LogP contribution in [0.3, 0.4) is 0 Å². The van der Waals surface area contributed by atoms with Crippen molar-refractivity contribution in [1.82, 2.24) is 4.98 Å². The molecule has 1 aromatic heterocycles. The van der Waals surface area contributed by atoms with Crippen molar-refractivity contribution < 1.29 is 8.42 Å². The van der Waals surface area contributed by atoms with E-state index in [9.17, 15) is 8.42 Å². The molecule has 0 saturated heterocycles. The van der Waals surface area contributed by atoms with Crippen molar-refractivity contribution in [1.29, 1.82) is 0 Å². The summed E-state index contributed by atoms with van der Waals surface area (Å²) in [7, 11) is -3.70. The van der Waals surface area contributed by atoms with Crippen LogP contribution in [0, 0.1) is 34.6 Å². The van der Waals surface area contributed by atoms with Gasteiger partial charge in [-0.1, -0.05) is 12.1 Å². The summed E-state index contributed by atoms with van der Waals surface area (Å²) in [5.74, 6) is 0. The zero-order valence-corrected chi connectivity index (χ0v) is 16.0. The Hall–Kier alpha value is -2.40. The molecule has 3 aromatic rings. The molecule has 5 heteroatoms. The average Bonchev–Trinajstić information content (AvgIpc) is 2.58. The van der Waals surface area contributed by atoms with Crippen LogP contribution in [-0.2, 0) is 10.0 Å². The van der Waals surface area contributed by atoms with Gasteiger partial charge in [0.15, 0.2) is 0 Å². The molecule has 4 nitrogen and oxygen atoms in total. The van der Waals surface area contributed by atoms with Gasteiger partial charge in [0.25, 0.3) is 10.0 Å². The number of pyridine rings is 1. The maximum atomic E-state index is 13.2. The number of benzene rings is 2. The summed E-state index contributed by atoms with van der Waals surface area (Å²) < 4.78 is 29.1. The van der Waals surface area contributed by atoms with Gasteiger partial charge in [-0.15, -0.1) is 0 Å². The lowest BCUT2D eigenvalue weighted by Crippen LogP contribution is -2.18. The Labute approximate surface area is 149 Å². The highest BCUT2D eigenvalue weighted by Gasteiger charge is 2.24. The van der Waals surface area contributed by atoms with E-state index in [-0.39, 0.29) is 0 Å². The molecule has 0 atom stereocenters. The van der Waals surface area contributed by atoms with Gasteiger partial charge in [-0.3, -0.25) is 9.71 Å². The predicted octanol–water partition coefficient (Wildman–Crippen LogP) is 4.58. The van der Waals surface area contributed by atoms with Crippen LogP contribution in [0.5, 0.6) is 0 Å². The molecule has 0 amide bonds. The number of hydrogen-bond donors (Lipinski definition) is 1.